The Bertz CT molecular complexity index is 630. The minimum absolute atomic E-state index is 0.0819. The van der Waals surface area contributed by atoms with Crippen molar-refractivity contribution in [3.63, 3.8) is 0 Å². The monoisotopic (exact) mass is 300 g/mol. The quantitative estimate of drug-likeness (QED) is 0.860. The molecule has 7 nitrogen and oxygen atoms in total. The van der Waals surface area contributed by atoms with E-state index < -0.39 is 0 Å². The van der Waals surface area contributed by atoms with E-state index in [4.69, 9.17) is 0 Å². The van der Waals surface area contributed by atoms with Crippen LogP contribution in [0.3, 0.4) is 0 Å². The lowest BCUT2D eigenvalue weighted by Gasteiger charge is -2.23. The molecule has 2 aromatic rings. The summed E-state index contributed by atoms with van der Waals surface area (Å²) < 4.78 is 0. The first kappa shape index (κ1) is 14.6. The van der Waals surface area contributed by atoms with Gasteiger partial charge in [0, 0.05) is 18.2 Å². The topological polar surface area (TPSA) is 84.7 Å². The third-order valence-corrected chi connectivity index (χ3v) is 3.71. The molecule has 0 radical (unpaired) electrons. The maximum absolute atomic E-state index is 12.0. The minimum atomic E-state index is -0.0819. The predicted molar refractivity (Wildman–Crippen MR) is 82.0 cm³/mol. The summed E-state index contributed by atoms with van der Waals surface area (Å²) in [5.74, 6) is 0.452. The second-order valence-electron chi connectivity index (χ2n) is 5.62. The van der Waals surface area contributed by atoms with E-state index in [1.54, 1.807) is 0 Å². The molecule has 3 rings (SSSR count). The van der Waals surface area contributed by atoms with Gasteiger partial charge >= 0.3 is 0 Å². The zero-order chi connectivity index (χ0) is 15.4. The average Bonchev–Trinajstić information content (AvgIpc) is 2.97. The van der Waals surface area contributed by atoms with Crippen molar-refractivity contribution >= 4 is 5.91 Å². The van der Waals surface area contributed by atoms with Crippen LogP contribution in [0.5, 0.6) is 0 Å². The number of rotatable bonds is 4. The number of piperidine rings is 1. The largest absolute Gasteiger partial charge is 0.350 e. The zero-order valence-electron chi connectivity index (χ0n) is 12.6. The van der Waals surface area contributed by atoms with Crippen LogP contribution in [0.1, 0.15) is 18.4 Å². The summed E-state index contributed by atoms with van der Waals surface area (Å²) in [4.78, 5) is 13.3. The second kappa shape index (κ2) is 6.65. The third kappa shape index (κ3) is 3.67. The van der Waals surface area contributed by atoms with Gasteiger partial charge in [0.15, 0.2) is 0 Å². The van der Waals surface area contributed by atoms with Crippen molar-refractivity contribution in [1.29, 1.82) is 0 Å². The van der Waals surface area contributed by atoms with Crippen molar-refractivity contribution in [2.24, 2.45) is 0 Å². The fraction of sp³-hybridized carbons (Fsp3) is 0.467. The van der Waals surface area contributed by atoms with Crippen LogP contribution in [-0.4, -0.2) is 45.2 Å². The molecule has 7 heteroatoms. The maximum atomic E-state index is 12.0. The SMILES string of the molecule is Cc1ccc(-c2nnn(CC(=O)NC3CCCNC3)n2)cc1. The highest BCUT2D eigenvalue weighted by molar-refractivity contribution is 5.75. The minimum Gasteiger partial charge on any atom is -0.350 e. The standard InChI is InChI=1S/C15H20N6O/c1-11-4-6-12(7-5-11)15-18-20-21(19-15)10-14(22)17-13-3-2-8-16-9-13/h4-7,13,16H,2-3,8-10H2,1H3,(H,17,22). The van der Waals surface area contributed by atoms with Crippen LogP contribution in [0.2, 0.25) is 0 Å². The number of aromatic nitrogens is 4. The summed E-state index contributed by atoms with van der Waals surface area (Å²) in [6.45, 7) is 3.97. The third-order valence-electron chi connectivity index (χ3n) is 3.71. The van der Waals surface area contributed by atoms with E-state index in [1.165, 1.54) is 10.4 Å². The van der Waals surface area contributed by atoms with E-state index in [1.807, 2.05) is 31.2 Å². The number of carbonyl (C=O) groups excluding carboxylic acids is 1. The van der Waals surface area contributed by atoms with Gasteiger partial charge < -0.3 is 10.6 Å². The van der Waals surface area contributed by atoms with Gasteiger partial charge in [-0.1, -0.05) is 29.8 Å². The molecule has 1 aromatic heterocycles. The van der Waals surface area contributed by atoms with Gasteiger partial charge in [-0.15, -0.1) is 10.2 Å². The van der Waals surface area contributed by atoms with Gasteiger partial charge in [-0.2, -0.15) is 4.80 Å². The molecule has 1 aliphatic heterocycles. The van der Waals surface area contributed by atoms with Crippen LogP contribution in [0.4, 0.5) is 0 Å². The first-order chi connectivity index (χ1) is 10.7. The number of nitrogens with one attached hydrogen (secondary N) is 2. The molecule has 1 aromatic carbocycles. The van der Waals surface area contributed by atoms with Crippen molar-refractivity contribution in [1.82, 2.24) is 30.8 Å². The first-order valence-electron chi connectivity index (χ1n) is 7.55. The summed E-state index contributed by atoms with van der Waals surface area (Å²) in [7, 11) is 0. The smallest absolute Gasteiger partial charge is 0.243 e. The fourth-order valence-corrected chi connectivity index (χ4v) is 2.51. The van der Waals surface area contributed by atoms with Gasteiger partial charge in [-0.25, -0.2) is 0 Å². The van der Waals surface area contributed by atoms with Gasteiger partial charge in [-0.3, -0.25) is 4.79 Å². The summed E-state index contributed by atoms with van der Waals surface area (Å²) in [5, 5.41) is 18.5. The summed E-state index contributed by atoms with van der Waals surface area (Å²) >= 11 is 0. The van der Waals surface area contributed by atoms with Crippen molar-refractivity contribution < 1.29 is 4.79 Å². The highest BCUT2D eigenvalue weighted by atomic mass is 16.2. The molecule has 2 heterocycles. The summed E-state index contributed by atoms with van der Waals surface area (Å²) in [6, 6.07) is 8.09. The van der Waals surface area contributed by atoms with Crippen molar-refractivity contribution in [2.45, 2.75) is 32.4 Å². The van der Waals surface area contributed by atoms with E-state index in [-0.39, 0.29) is 18.5 Å². The molecule has 0 spiro atoms. The fourth-order valence-electron chi connectivity index (χ4n) is 2.51. The van der Waals surface area contributed by atoms with Gasteiger partial charge in [0.1, 0.15) is 6.54 Å². The number of aryl methyl sites for hydroxylation is 1. The zero-order valence-corrected chi connectivity index (χ0v) is 12.6. The highest BCUT2D eigenvalue weighted by Gasteiger charge is 2.16. The van der Waals surface area contributed by atoms with Crippen LogP contribution in [0.25, 0.3) is 11.4 Å². The molecular weight excluding hydrogens is 280 g/mol. The van der Waals surface area contributed by atoms with Gasteiger partial charge in [0.2, 0.25) is 11.7 Å². The van der Waals surface area contributed by atoms with E-state index in [9.17, 15) is 4.79 Å². The van der Waals surface area contributed by atoms with Gasteiger partial charge in [0.25, 0.3) is 0 Å². The van der Waals surface area contributed by atoms with E-state index in [0.717, 1.165) is 31.5 Å². The first-order valence-corrected chi connectivity index (χ1v) is 7.55. The molecule has 0 bridgehead atoms. The van der Waals surface area contributed by atoms with E-state index in [0.29, 0.717) is 5.82 Å². The molecule has 1 fully saturated rings. The Labute approximate surface area is 129 Å². The Kier molecular flexibility index (Phi) is 4.43. The van der Waals surface area contributed by atoms with Gasteiger partial charge in [-0.05, 0) is 31.5 Å². The molecule has 1 unspecified atom stereocenters. The van der Waals surface area contributed by atoms with E-state index in [2.05, 4.69) is 26.0 Å². The Balaban J connectivity index is 1.59. The second-order valence-corrected chi connectivity index (χ2v) is 5.62. The number of carbonyl (C=O) groups is 1. The molecule has 1 saturated heterocycles. The Morgan fingerprint density at radius 2 is 2.23 bits per heavy atom. The van der Waals surface area contributed by atoms with Crippen LogP contribution >= 0.6 is 0 Å². The normalized spacial score (nSPS) is 18.1. The lowest BCUT2D eigenvalue weighted by Crippen LogP contribution is -2.46. The maximum Gasteiger partial charge on any atom is 0.243 e. The lowest BCUT2D eigenvalue weighted by atomic mass is 10.1. The molecule has 116 valence electrons. The lowest BCUT2D eigenvalue weighted by molar-refractivity contribution is -0.122. The Morgan fingerprint density at radius 3 is 2.95 bits per heavy atom. The van der Waals surface area contributed by atoms with E-state index >= 15 is 0 Å². The molecule has 1 amide bonds. The van der Waals surface area contributed by atoms with Crippen LogP contribution in [0.15, 0.2) is 24.3 Å². The van der Waals surface area contributed by atoms with Crippen molar-refractivity contribution in [3.05, 3.63) is 29.8 Å². The van der Waals surface area contributed by atoms with Crippen LogP contribution in [-0.2, 0) is 11.3 Å². The number of benzene rings is 1. The number of nitrogens with zero attached hydrogens (tertiary/aromatic N) is 4. The predicted octanol–water partition coefficient (Wildman–Crippen LogP) is 0.517. The summed E-state index contributed by atoms with van der Waals surface area (Å²) in [6.07, 6.45) is 2.10. The van der Waals surface area contributed by atoms with Gasteiger partial charge in [0.05, 0.1) is 0 Å². The average molecular weight is 300 g/mol. The molecule has 0 saturated carbocycles. The van der Waals surface area contributed by atoms with Crippen LogP contribution < -0.4 is 10.6 Å². The van der Waals surface area contributed by atoms with Crippen LogP contribution in [0, 0.1) is 6.92 Å². The highest BCUT2D eigenvalue weighted by Crippen LogP contribution is 2.13. The number of hydrogen-bond acceptors (Lipinski definition) is 5. The Morgan fingerprint density at radius 1 is 1.41 bits per heavy atom. The molecule has 1 atom stereocenters. The number of hydrogen-bond donors (Lipinski definition) is 2. The Hall–Kier alpha value is -2.28. The van der Waals surface area contributed by atoms with Crippen molar-refractivity contribution in [2.75, 3.05) is 13.1 Å². The summed E-state index contributed by atoms with van der Waals surface area (Å²) in [5.41, 5.74) is 2.07. The molecular formula is C15H20N6O. The number of amides is 1. The molecule has 1 aliphatic rings. The number of tetrazole rings is 1. The molecule has 2 N–H and O–H groups in total. The molecule has 22 heavy (non-hydrogen) atoms. The molecule has 0 aliphatic carbocycles. The van der Waals surface area contributed by atoms with Crippen molar-refractivity contribution in [3.8, 4) is 11.4 Å².